The molecule has 1 aliphatic carbocycles. The third-order valence-corrected chi connectivity index (χ3v) is 5.95. The zero-order valence-electron chi connectivity index (χ0n) is 15.0. The second kappa shape index (κ2) is 7.96. The molecule has 1 unspecified atom stereocenters. The van der Waals surface area contributed by atoms with Crippen LogP contribution in [0.15, 0.2) is 48.5 Å². The molecule has 0 heterocycles. The topological polar surface area (TPSA) is 0 Å². The number of hydrogen-bond donors (Lipinski definition) is 0. The van der Waals surface area contributed by atoms with Crippen molar-refractivity contribution in [2.45, 2.75) is 52.4 Å². The van der Waals surface area contributed by atoms with Gasteiger partial charge in [0.2, 0.25) is 0 Å². The lowest BCUT2D eigenvalue weighted by molar-refractivity contribution is 0.210. The van der Waals surface area contributed by atoms with Gasteiger partial charge in [0.25, 0.3) is 0 Å². The summed E-state index contributed by atoms with van der Waals surface area (Å²) in [6.45, 7) is 4.66. The van der Waals surface area contributed by atoms with Crippen LogP contribution in [0.25, 0.3) is 11.1 Å². The van der Waals surface area contributed by atoms with Gasteiger partial charge in [0.05, 0.1) is 0 Å². The van der Waals surface area contributed by atoms with Gasteiger partial charge in [-0.1, -0.05) is 75.6 Å². The zero-order valence-corrected chi connectivity index (χ0v) is 15.0. The quantitative estimate of drug-likeness (QED) is 0.562. The molecule has 1 aliphatic rings. The van der Waals surface area contributed by atoms with Crippen molar-refractivity contribution in [3.63, 3.8) is 0 Å². The summed E-state index contributed by atoms with van der Waals surface area (Å²) in [5.41, 5.74) is 2.79. The third-order valence-electron chi connectivity index (χ3n) is 5.95. The summed E-state index contributed by atoms with van der Waals surface area (Å²) < 4.78 is 14.5. The van der Waals surface area contributed by atoms with Gasteiger partial charge < -0.3 is 0 Å². The zero-order chi connectivity index (χ0) is 16.9. The highest BCUT2D eigenvalue weighted by atomic mass is 19.1. The number of hydrogen-bond acceptors (Lipinski definition) is 0. The van der Waals surface area contributed by atoms with Crippen molar-refractivity contribution < 1.29 is 4.39 Å². The summed E-state index contributed by atoms with van der Waals surface area (Å²) in [6.07, 6.45) is 7.79. The van der Waals surface area contributed by atoms with E-state index in [1.54, 1.807) is 6.07 Å². The Hall–Kier alpha value is -1.63. The van der Waals surface area contributed by atoms with E-state index in [4.69, 9.17) is 0 Å². The molecule has 0 N–H and O–H groups in total. The summed E-state index contributed by atoms with van der Waals surface area (Å²) in [4.78, 5) is 0. The Morgan fingerprint density at radius 3 is 2.33 bits per heavy atom. The molecule has 3 rings (SSSR count). The van der Waals surface area contributed by atoms with Gasteiger partial charge in [0, 0.05) is 5.56 Å². The maximum Gasteiger partial charge on any atom is 0.131 e. The molecule has 0 spiro atoms. The van der Waals surface area contributed by atoms with Crippen molar-refractivity contribution in [1.29, 1.82) is 0 Å². The largest absolute Gasteiger partial charge is 0.206 e. The van der Waals surface area contributed by atoms with Gasteiger partial charge in [0.1, 0.15) is 5.82 Å². The van der Waals surface area contributed by atoms with Gasteiger partial charge >= 0.3 is 0 Å². The second-order valence-corrected chi connectivity index (χ2v) is 7.55. The van der Waals surface area contributed by atoms with Crippen LogP contribution < -0.4 is 0 Å². The van der Waals surface area contributed by atoms with Crippen LogP contribution in [0, 0.1) is 23.6 Å². The molecule has 0 nitrogen and oxygen atoms in total. The van der Waals surface area contributed by atoms with E-state index in [0.29, 0.717) is 11.5 Å². The molecule has 0 bridgehead atoms. The molecule has 1 saturated carbocycles. The molecular formula is C23H29F. The first-order chi connectivity index (χ1) is 11.7. The minimum Gasteiger partial charge on any atom is -0.206 e. The molecule has 1 fully saturated rings. The lowest BCUT2D eigenvalue weighted by Gasteiger charge is -2.32. The number of benzene rings is 2. The fraction of sp³-hybridized carbons (Fsp3) is 0.478. The van der Waals surface area contributed by atoms with Crippen LogP contribution in [0.3, 0.4) is 0 Å². The first-order valence-corrected chi connectivity index (χ1v) is 9.51. The first kappa shape index (κ1) is 17.2. The smallest absolute Gasteiger partial charge is 0.131 e. The lowest BCUT2D eigenvalue weighted by atomic mass is 9.74. The summed E-state index contributed by atoms with van der Waals surface area (Å²) in [7, 11) is 0. The fourth-order valence-corrected chi connectivity index (χ4v) is 4.24. The standard InChI is InChI=1S/C23H29F/c1-3-18-9-12-20(13-10-18)17(2)15-19-11-14-22(23(24)16-19)21-7-5-4-6-8-21/h4-8,11,14,16-18,20H,3,9-10,12-13,15H2,1-2H3. The highest BCUT2D eigenvalue weighted by molar-refractivity contribution is 5.64. The molecule has 128 valence electrons. The SMILES string of the molecule is CCC1CCC(C(C)Cc2ccc(-c3ccccc3)c(F)c2)CC1. The molecule has 0 amide bonds. The Kier molecular flexibility index (Phi) is 5.71. The van der Waals surface area contributed by atoms with Crippen molar-refractivity contribution in [1.82, 2.24) is 0 Å². The Bertz CT molecular complexity index is 638. The van der Waals surface area contributed by atoms with Crippen LogP contribution >= 0.6 is 0 Å². The second-order valence-electron chi connectivity index (χ2n) is 7.55. The molecule has 1 atom stereocenters. The average molecular weight is 324 g/mol. The number of rotatable bonds is 5. The lowest BCUT2D eigenvalue weighted by Crippen LogP contribution is -2.21. The van der Waals surface area contributed by atoms with Crippen LogP contribution in [0.2, 0.25) is 0 Å². The monoisotopic (exact) mass is 324 g/mol. The molecule has 2 aromatic carbocycles. The van der Waals surface area contributed by atoms with E-state index in [0.717, 1.165) is 29.4 Å². The van der Waals surface area contributed by atoms with Crippen molar-refractivity contribution in [2.24, 2.45) is 17.8 Å². The van der Waals surface area contributed by atoms with Gasteiger partial charge in [-0.05, 0) is 54.2 Å². The molecule has 0 saturated heterocycles. The van der Waals surface area contributed by atoms with Crippen LogP contribution in [-0.2, 0) is 6.42 Å². The highest BCUT2D eigenvalue weighted by Crippen LogP contribution is 2.36. The summed E-state index contributed by atoms with van der Waals surface area (Å²) >= 11 is 0. The predicted molar refractivity (Wildman–Crippen MR) is 100 cm³/mol. The minimum atomic E-state index is -0.0967. The maximum atomic E-state index is 14.5. The van der Waals surface area contributed by atoms with Gasteiger partial charge in [-0.25, -0.2) is 4.39 Å². The van der Waals surface area contributed by atoms with E-state index in [1.807, 2.05) is 36.4 Å². The Balaban J connectivity index is 1.65. The van der Waals surface area contributed by atoms with E-state index < -0.39 is 0 Å². The van der Waals surface area contributed by atoms with E-state index in [9.17, 15) is 4.39 Å². The number of halogens is 1. The molecule has 0 radical (unpaired) electrons. The van der Waals surface area contributed by atoms with Crippen LogP contribution in [0.1, 0.15) is 51.5 Å². The van der Waals surface area contributed by atoms with Crippen LogP contribution in [0.4, 0.5) is 4.39 Å². The highest BCUT2D eigenvalue weighted by Gasteiger charge is 2.24. The Morgan fingerprint density at radius 2 is 1.71 bits per heavy atom. The van der Waals surface area contributed by atoms with Crippen molar-refractivity contribution >= 4 is 0 Å². The van der Waals surface area contributed by atoms with Gasteiger partial charge in [-0.2, -0.15) is 0 Å². The summed E-state index contributed by atoms with van der Waals surface area (Å²) in [6, 6.07) is 15.6. The molecule has 1 heteroatoms. The third kappa shape index (κ3) is 4.06. The first-order valence-electron chi connectivity index (χ1n) is 9.51. The van der Waals surface area contributed by atoms with E-state index in [2.05, 4.69) is 19.9 Å². The summed E-state index contributed by atoms with van der Waals surface area (Å²) in [5, 5.41) is 0. The maximum absolute atomic E-state index is 14.5. The van der Waals surface area contributed by atoms with E-state index in [1.165, 1.54) is 32.1 Å². The van der Waals surface area contributed by atoms with Crippen LogP contribution in [0.5, 0.6) is 0 Å². The van der Waals surface area contributed by atoms with E-state index >= 15 is 0 Å². The molecule has 2 aromatic rings. The molecular weight excluding hydrogens is 295 g/mol. The Labute approximate surface area is 146 Å². The van der Waals surface area contributed by atoms with Gasteiger partial charge in [-0.3, -0.25) is 0 Å². The van der Waals surface area contributed by atoms with Crippen molar-refractivity contribution in [2.75, 3.05) is 0 Å². The Morgan fingerprint density at radius 1 is 1.00 bits per heavy atom. The van der Waals surface area contributed by atoms with Crippen LogP contribution in [-0.4, -0.2) is 0 Å². The van der Waals surface area contributed by atoms with Gasteiger partial charge in [0.15, 0.2) is 0 Å². The predicted octanol–water partition coefficient (Wildman–Crippen LogP) is 6.89. The minimum absolute atomic E-state index is 0.0967. The van der Waals surface area contributed by atoms with E-state index in [-0.39, 0.29) is 5.82 Å². The molecule has 0 aromatic heterocycles. The van der Waals surface area contributed by atoms with Crippen molar-refractivity contribution in [3.05, 3.63) is 59.9 Å². The molecule has 24 heavy (non-hydrogen) atoms. The fourth-order valence-electron chi connectivity index (χ4n) is 4.24. The normalized spacial score (nSPS) is 22.3. The van der Waals surface area contributed by atoms with Gasteiger partial charge in [-0.15, -0.1) is 0 Å². The summed E-state index contributed by atoms with van der Waals surface area (Å²) in [5.74, 6) is 2.30. The molecule has 0 aliphatic heterocycles. The average Bonchev–Trinajstić information content (AvgIpc) is 2.62. The van der Waals surface area contributed by atoms with Crippen molar-refractivity contribution in [3.8, 4) is 11.1 Å².